The molecule has 8 nitrogen and oxygen atoms in total. The third-order valence-corrected chi connectivity index (χ3v) is 4.16. The Hall–Kier alpha value is -1.45. The Balaban J connectivity index is 2.32. The number of aliphatic hydroxyl groups excluding tert-OH is 1. The highest BCUT2D eigenvalue weighted by molar-refractivity contribution is 7.89. The molecule has 1 heterocycles. The van der Waals surface area contributed by atoms with E-state index in [-0.39, 0.29) is 6.61 Å². The summed E-state index contributed by atoms with van der Waals surface area (Å²) in [5, 5.41) is 22.9. The van der Waals surface area contributed by atoms with Crippen LogP contribution in [0.3, 0.4) is 0 Å². The Labute approximate surface area is 96.7 Å². The maximum atomic E-state index is 11.9. The zero-order valence-corrected chi connectivity index (χ0v) is 9.49. The van der Waals surface area contributed by atoms with E-state index < -0.39 is 32.1 Å². The normalized spacial score (nSPS) is 17.9. The van der Waals surface area contributed by atoms with Gasteiger partial charge in [0, 0.05) is 0 Å². The van der Waals surface area contributed by atoms with Crippen molar-refractivity contribution in [3.05, 3.63) is 11.8 Å². The first-order valence-electron chi connectivity index (χ1n) is 4.82. The van der Waals surface area contributed by atoms with E-state index in [1.807, 2.05) is 0 Å². The molecule has 0 bridgehead atoms. The van der Waals surface area contributed by atoms with E-state index in [4.69, 9.17) is 10.2 Å². The number of carboxylic acid groups (broad SMARTS) is 1. The van der Waals surface area contributed by atoms with Crippen molar-refractivity contribution >= 4 is 16.0 Å². The first-order valence-corrected chi connectivity index (χ1v) is 6.30. The molecule has 17 heavy (non-hydrogen) atoms. The number of hydrogen-bond donors (Lipinski definition) is 4. The average molecular weight is 261 g/mol. The van der Waals surface area contributed by atoms with Crippen LogP contribution < -0.4 is 4.72 Å². The molecule has 1 fully saturated rings. The van der Waals surface area contributed by atoms with E-state index in [0.29, 0.717) is 12.8 Å². The minimum Gasteiger partial charge on any atom is -0.478 e. The van der Waals surface area contributed by atoms with Gasteiger partial charge in [0.2, 0.25) is 0 Å². The van der Waals surface area contributed by atoms with Crippen LogP contribution in [-0.2, 0) is 10.0 Å². The van der Waals surface area contributed by atoms with Gasteiger partial charge in [-0.1, -0.05) is 0 Å². The van der Waals surface area contributed by atoms with Crippen LogP contribution in [0.15, 0.2) is 11.2 Å². The van der Waals surface area contributed by atoms with Gasteiger partial charge in [0.05, 0.1) is 18.3 Å². The van der Waals surface area contributed by atoms with Gasteiger partial charge in [-0.3, -0.25) is 5.10 Å². The zero-order valence-electron chi connectivity index (χ0n) is 8.67. The Morgan fingerprint density at radius 3 is 2.71 bits per heavy atom. The highest BCUT2D eigenvalue weighted by Gasteiger charge is 2.46. The van der Waals surface area contributed by atoms with Crippen LogP contribution >= 0.6 is 0 Å². The number of nitrogens with one attached hydrogen (secondary N) is 2. The third-order valence-electron chi connectivity index (χ3n) is 2.61. The van der Waals surface area contributed by atoms with Crippen LogP contribution in [0.4, 0.5) is 0 Å². The maximum absolute atomic E-state index is 11.9. The molecule has 0 unspecified atom stereocenters. The molecule has 9 heteroatoms. The molecular formula is C8H11N3O5S. The summed E-state index contributed by atoms with van der Waals surface area (Å²) in [4.78, 5) is 10.8. The molecule has 1 aliphatic rings. The Morgan fingerprint density at radius 2 is 2.24 bits per heavy atom. The average Bonchev–Trinajstić information content (AvgIpc) is 2.82. The molecule has 0 aliphatic heterocycles. The van der Waals surface area contributed by atoms with Gasteiger partial charge in [0.25, 0.3) is 10.0 Å². The van der Waals surface area contributed by atoms with Crippen molar-refractivity contribution < 1.29 is 23.4 Å². The molecule has 1 aromatic heterocycles. The largest absolute Gasteiger partial charge is 0.478 e. The first kappa shape index (κ1) is 12.0. The quantitative estimate of drug-likeness (QED) is 0.532. The molecule has 0 aromatic carbocycles. The highest BCUT2D eigenvalue weighted by atomic mass is 32.2. The number of aliphatic hydroxyl groups is 1. The molecule has 1 aliphatic carbocycles. The Bertz CT molecular complexity index is 545. The fourth-order valence-corrected chi connectivity index (χ4v) is 2.95. The lowest BCUT2D eigenvalue weighted by Gasteiger charge is -2.13. The van der Waals surface area contributed by atoms with Gasteiger partial charge >= 0.3 is 5.97 Å². The summed E-state index contributed by atoms with van der Waals surface area (Å²) in [7, 11) is -4.01. The van der Waals surface area contributed by atoms with E-state index in [1.54, 1.807) is 0 Å². The highest BCUT2D eigenvalue weighted by Crippen LogP contribution is 2.36. The molecule has 1 saturated carbocycles. The predicted molar refractivity (Wildman–Crippen MR) is 54.9 cm³/mol. The fourth-order valence-electron chi connectivity index (χ4n) is 1.41. The number of aromatic amines is 1. The first-order chi connectivity index (χ1) is 7.90. The van der Waals surface area contributed by atoms with Gasteiger partial charge < -0.3 is 10.2 Å². The van der Waals surface area contributed by atoms with Gasteiger partial charge in [-0.05, 0) is 12.8 Å². The van der Waals surface area contributed by atoms with E-state index in [0.717, 1.165) is 6.20 Å². The Kier molecular flexibility index (Phi) is 2.68. The van der Waals surface area contributed by atoms with Crippen molar-refractivity contribution in [1.82, 2.24) is 14.9 Å². The smallest absolute Gasteiger partial charge is 0.340 e. The molecule has 0 saturated heterocycles. The predicted octanol–water partition coefficient (Wildman–Crippen LogP) is -1.09. The third kappa shape index (κ3) is 2.16. The lowest BCUT2D eigenvalue weighted by molar-refractivity contribution is 0.0692. The fraction of sp³-hybridized carbons (Fsp3) is 0.500. The molecule has 0 atom stereocenters. The summed E-state index contributed by atoms with van der Waals surface area (Å²) in [6.45, 7) is -0.317. The summed E-state index contributed by atoms with van der Waals surface area (Å²) >= 11 is 0. The summed E-state index contributed by atoms with van der Waals surface area (Å²) in [6.07, 6.45) is 1.98. The minimum atomic E-state index is -4.01. The maximum Gasteiger partial charge on any atom is 0.340 e. The van der Waals surface area contributed by atoms with Crippen molar-refractivity contribution in [2.75, 3.05) is 6.61 Å². The van der Waals surface area contributed by atoms with Crippen molar-refractivity contribution in [2.24, 2.45) is 0 Å². The second kappa shape index (κ2) is 3.79. The summed E-state index contributed by atoms with van der Waals surface area (Å²) in [6, 6.07) is 0. The molecule has 2 rings (SSSR count). The second-order valence-electron chi connectivity index (χ2n) is 3.96. The summed E-state index contributed by atoms with van der Waals surface area (Å²) in [5.74, 6) is -1.38. The number of hydrogen-bond acceptors (Lipinski definition) is 5. The number of carbonyl (C=O) groups is 1. The van der Waals surface area contributed by atoms with Crippen molar-refractivity contribution in [2.45, 2.75) is 23.4 Å². The standard InChI is InChI=1S/C8H11N3O5S/c12-4-8(1-2-8)11-17(15,16)6-5(7(13)14)3-9-10-6/h3,11-12H,1-2,4H2,(H,9,10)(H,13,14). The van der Waals surface area contributed by atoms with Gasteiger partial charge in [-0.25, -0.2) is 17.9 Å². The number of aromatic carboxylic acids is 1. The van der Waals surface area contributed by atoms with Crippen LogP contribution in [0.25, 0.3) is 0 Å². The van der Waals surface area contributed by atoms with Crippen LogP contribution in [0.1, 0.15) is 23.2 Å². The summed E-state index contributed by atoms with van der Waals surface area (Å²) in [5.41, 5.74) is -1.27. The number of nitrogens with zero attached hydrogens (tertiary/aromatic N) is 1. The summed E-state index contributed by atoms with van der Waals surface area (Å²) < 4.78 is 26.0. The zero-order chi connectivity index (χ0) is 12.7. The number of carboxylic acids is 1. The molecule has 4 N–H and O–H groups in total. The van der Waals surface area contributed by atoms with Crippen molar-refractivity contribution in [3.8, 4) is 0 Å². The number of rotatable bonds is 5. The number of aromatic nitrogens is 2. The molecule has 1 aromatic rings. The lowest BCUT2D eigenvalue weighted by atomic mass is 10.3. The molecular weight excluding hydrogens is 250 g/mol. The molecule has 0 amide bonds. The number of H-pyrrole nitrogens is 1. The van der Waals surface area contributed by atoms with Crippen molar-refractivity contribution in [1.29, 1.82) is 0 Å². The minimum absolute atomic E-state index is 0.317. The van der Waals surface area contributed by atoms with Crippen LogP contribution in [0.2, 0.25) is 0 Å². The second-order valence-corrected chi connectivity index (χ2v) is 5.58. The molecule has 0 spiro atoms. The van der Waals surface area contributed by atoms with E-state index in [9.17, 15) is 13.2 Å². The van der Waals surface area contributed by atoms with Gasteiger partial charge in [-0.2, -0.15) is 5.10 Å². The van der Waals surface area contributed by atoms with Crippen LogP contribution in [0, 0.1) is 0 Å². The van der Waals surface area contributed by atoms with E-state index in [2.05, 4.69) is 14.9 Å². The van der Waals surface area contributed by atoms with Crippen LogP contribution in [-0.4, -0.2) is 46.9 Å². The SMILES string of the molecule is O=C(O)c1cn[nH]c1S(=O)(=O)NC1(CO)CC1. The lowest BCUT2D eigenvalue weighted by Crippen LogP contribution is -2.40. The van der Waals surface area contributed by atoms with Gasteiger partial charge in [-0.15, -0.1) is 0 Å². The van der Waals surface area contributed by atoms with E-state index in [1.165, 1.54) is 0 Å². The van der Waals surface area contributed by atoms with Gasteiger partial charge in [0.15, 0.2) is 5.03 Å². The number of sulfonamides is 1. The van der Waals surface area contributed by atoms with E-state index >= 15 is 0 Å². The molecule has 94 valence electrons. The monoisotopic (exact) mass is 261 g/mol. The Morgan fingerprint density at radius 1 is 1.59 bits per heavy atom. The van der Waals surface area contributed by atoms with Gasteiger partial charge in [0.1, 0.15) is 5.56 Å². The molecule has 0 radical (unpaired) electrons. The van der Waals surface area contributed by atoms with Crippen LogP contribution in [0.5, 0.6) is 0 Å². The van der Waals surface area contributed by atoms with Crippen molar-refractivity contribution in [3.63, 3.8) is 0 Å². The topological polar surface area (TPSA) is 132 Å².